The summed E-state index contributed by atoms with van der Waals surface area (Å²) in [4.78, 5) is 10.5. The van der Waals surface area contributed by atoms with Gasteiger partial charge < -0.3 is 5.11 Å². The van der Waals surface area contributed by atoms with Crippen LogP contribution in [0.25, 0.3) is 94.3 Å². The molecule has 0 amide bonds. The Bertz CT molecular complexity index is 3480. The van der Waals surface area contributed by atoms with Gasteiger partial charge in [0.2, 0.25) is 0 Å². The molecule has 8 aromatic carbocycles. The lowest BCUT2D eigenvalue weighted by Crippen LogP contribution is -2.11. The summed E-state index contributed by atoms with van der Waals surface area (Å²) in [6.45, 7) is 10.8. The average molecular weight is 821 g/mol. The minimum Gasteiger partial charge on any atom is -0.507 e. The number of pyridine rings is 1. The highest BCUT2D eigenvalue weighted by atomic mass is 16.3. The molecule has 308 valence electrons. The van der Waals surface area contributed by atoms with Crippen LogP contribution >= 0.6 is 0 Å². The first-order valence-corrected chi connectivity index (χ1v) is 21.6. The van der Waals surface area contributed by atoms with Crippen molar-refractivity contribution in [2.24, 2.45) is 0 Å². The summed E-state index contributed by atoms with van der Waals surface area (Å²) in [7, 11) is 0. The fraction of sp³-hybridized carbons (Fsp3) is 0.153. The van der Waals surface area contributed by atoms with Crippen molar-refractivity contribution in [2.75, 3.05) is 0 Å². The number of aromatic hydroxyl groups is 1. The molecule has 4 heteroatoms. The lowest BCUT2D eigenvalue weighted by atomic mass is 9.86. The van der Waals surface area contributed by atoms with Crippen molar-refractivity contribution in [3.05, 3.63) is 193 Å². The molecule has 1 N–H and O–H groups in total. The Labute approximate surface area is 374 Å². The van der Waals surface area contributed by atoms with Gasteiger partial charge >= 0.3 is 0 Å². The van der Waals surface area contributed by atoms with Gasteiger partial charge in [-0.25, -0.2) is 4.98 Å². The zero-order valence-corrected chi connectivity index (χ0v) is 36.5. The molecule has 0 atom stereocenters. The summed E-state index contributed by atoms with van der Waals surface area (Å²) in [6, 6.07) is 57.5. The van der Waals surface area contributed by atoms with Gasteiger partial charge in [-0.15, -0.1) is 0 Å². The smallest absolute Gasteiger partial charge is 0.149 e. The molecule has 0 saturated carbocycles. The third-order valence-corrected chi connectivity index (χ3v) is 12.4. The van der Waals surface area contributed by atoms with E-state index in [1.165, 1.54) is 5.56 Å². The Morgan fingerprint density at radius 1 is 0.508 bits per heavy atom. The van der Waals surface area contributed by atoms with Gasteiger partial charge in [0.1, 0.15) is 11.6 Å². The fourth-order valence-electron chi connectivity index (χ4n) is 9.01. The van der Waals surface area contributed by atoms with E-state index in [0.29, 0.717) is 17.0 Å². The molecule has 0 aliphatic heterocycles. The second-order valence-electron chi connectivity index (χ2n) is 18.7. The molecule has 0 bridgehead atoms. The third-order valence-electron chi connectivity index (χ3n) is 12.4. The van der Waals surface area contributed by atoms with Crippen molar-refractivity contribution in [1.82, 2.24) is 14.5 Å². The number of benzene rings is 8. The molecule has 63 heavy (non-hydrogen) atoms. The Hall–Kier alpha value is -7.30. The van der Waals surface area contributed by atoms with Crippen LogP contribution in [0.2, 0.25) is 0 Å². The maximum absolute atomic E-state index is 11.8. The molecule has 2 aromatic heterocycles. The summed E-state index contributed by atoms with van der Waals surface area (Å²) in [6.07, 6.45) is 1.77. The summed E-state index contributed by atoms with van der Waals surface area (Å²) >= 11 is 0. The van der Waals surface area contributed by atoms with Crippen LogP contribution in [0.5, 0.6) is 5.75 Å². The lowest BCUT2D eigenvalue weighted by molar-refractivity contribution is 0.475. The van der Waals surface area contributed by atoms with E-state index in [4.69, 9.17) is 14.1 Å². The van der Waals surface area contributed by atoms with Gasteiger partial charge in [-0.2, -0.15) is 0 Å². The van der Waals surface area contributed by atoms with E-state index < -0.39 is 6.85 Å². The van der Waals surface area contributed by atoms with E-state index >= 15 is 0 Å². The zero-order valence-electron chi connectivity index (χ0n) is 39.5. The molecule has 0 radical (unpaired) electrons. The molecular formula is C59H51N3O. The van der Waals surface area contributed by atoms with Gasteiger partial charge in [-0.05, 0) is 133 Å². The first-order chi connectivity index (χ1) is 31.5. The molecule has 0 unspecified atom stereocenters. The van der Waals surface area contributed by atoms with Crippen LogP contribution < -0.4 is 0 Å². The van der Waals surface area contributed by atoms with Gasteiger partial charge in [-0.3, -0.25) is 9.55 Å². The van der Waals surface area contributed by atoms with Crippen molar-refractivity contribution in [1.29, 1.82) is 0 Å². The van der Waals surface area contributed by atoms with Gasteiger partial charge in [0.05, 0.1) is 22.1 Å². The van der Waals surface area contributed by atoms with Crippen molar-refractivity contribution in [2.45, 2.75) is 59.2 Å². The first-order valence-electron chi connectivity index (χ1n) is 23.1. The quantitative estimate of drug-likeness (QED) is 0.182. The number of aromatic nitrogens is 3. The summed E-state index contributed by atoms with van der Waals surface area (Å²) in [5.74, 6) is 0.769. The number of hydrogen-bond donors (Lipinski definition) is 1. The second kappa shape index (κ2) is 15.3. The summed E-state index contributed by atoms with van der Waals surface area (Å²) < 4.78 is 28.5. The number of fused-ring (bicyclic) bond motifs is 3. The largest absolute Gasteiger partial charge is 0.507 e. The van der Waals surface area contributed by atoms with Crippen molar-refractivity contribution in [3.63, 3.8) is 0 Å². The minimum atomic E-state index is -2.40. The first kappa shape index (κ1) is 36.4. The van der Waals surface area contributed by atoms with Gasteiger partial charge in [0.25, 0.3) is 0 Å². The Morgan fingerprint density at radius 3 is 1.90 bits per heavy atom. The number of hydrogen-bond acceptors (Lipinski definition) is 3. The molecule has 0 saturated heterocycles. The van der Waals surface area contributed by atoms with E-state index in [9.17, 15) is 5.11 Å². The standard InChI is InChI=1S/C59H51N3O/c1-37-32-49(55-48(24-15-31-60-55)54(37)39-17-9-8-10-18-39)40-20-13-21-41(33-40)50-34-42(47-23-14-19-38-16-11-12-22-46(38)47)35-52-56(50)61-57(51-36-44(59(5,6)7)27-30-53(51)63)62(52)45-28-25-43(26-29-45)58(2,3)4/h8-36,63H,1-7H3/i1D3. The van der Waals surface area contributed by atoms with Gasteiger partial charge in [0.15, 0.2) is 0 Å². The van der Waals surface area contributed by atoms with Crippen LogP contribution in [-0.2, 0) is 10.8 Å². The molecule has 0 aliphatic carbocycles. The molecule has 0 aliphatic rings. The molecule has 4 nitrogen and oxygen atoms in total. The maximum atomic E-state index is 11.8. The van der Waals surface area contributed by atoms with Crippen LogP contribution in [0.15, 0.2) is 176 Å². The van der Waals surface area contributed by atoms with E-state index in [-0.39, 0.29) is 22.1 Å². The predicted octanol–water partition coefficient (Wildman–Crippen LogP) is 15.7. The predicted molar refractivity (Wildman–Crippen MR) is 265 cm³/mol. The van der Waals surface area contributed by atoms with E-state index in [1.54, 1.807) is 12.3 Å². The molecule has 10 rings (SSSR count). The SMILES string of the molecule is [2H]C([2H])([2H])c1cc(-c2cccc(-c3cc(-c4cccc5ccccc45)cc4c3nc(-c3cc(C(C)(C)C)ccc3O)n4-c3ccc(C(C)(C)C)cc3)c2)c2ncccc2c1-c1ccccc1. The number of phenolic OH excluding ortho intramolecular Hbond substituents is 1. The van der Waals surface area contributed by atoms with E-state index in [0.717, 1.165) is 82.9 Å². The number of aryl methyl sites for hydroxylation is 1. The van der Waals surface area contributed by atoms with Crippen LogP contribution in [0.1, 0.15) is 62.3 Å². The Kier molecular flexibility index (Phi) is 8.80. The molecule has 2 heterocycles. The lowest BCUT2D eigenvalue weighted by Gasteiger charge is -2.21. The monoisotopic (exact) mass is 820 g/mol. The van der Waals surface area contributed by atoms with Gasteiger partial charge in [0, 0.05) is 32.5 Å². The number of nitrogens with zero attached hydrogens (tertiary/aromatic N) is 3. The van der Waals surface area contributed by atoms with Crippen LogP contribution in [0.4, 0.5) is 0 Å². The number of phenols is 1. The zero-order chi connectivity index (χ0) is 46.1. The highest BCUT2D eigenvalue weighted by Gasteiger charge is 2.25. The van der Waals surface area contributed by atoms with Crippen LogP contribution in [0, 0.1) is 6.85 Å². The average Bonchev–Trinajstić information content (AvgIpc) is 3.69. The number of imidazole rings is 1. The van der Waals surface area contributed by atoms with E-state index in [2.05, 4.69) is 143 Å². The van der Waals surface area contributed by atoms with Crippen molar-refractivity contribution in [3.8, 4) is 67.3 Å². The van der Waals surface area contributed by atoms with E-state index in [1.807, 2.05) is 66.7 Å². The molecule has 10 aromatic rings. The third kappa shape index (κ3) is 7.16. The van der Waals surface area contributed by atoms with Crippen LogP contribution in [0.3, 0.4) is 0 Å². The second-order valence-corrected chi connectivity index (χ2v) is 18.7. The summed E-state index contributed by atoms with van der Waals surface area (Å²) in [5.41, 5.74) is 13.2. The molecular weight excluding hydrogens is 767 g/mol. The topological polar surface area (TPSA) is 50.9 Å². The summed E-state index contributed by atoms with van der Waals surface area (Å²) in [5, 5.41) is 14.8. The maximum Gasteiger partial charge on any atom is 0.149 e. The molecule has 0 spiro atoms. The minimum absolute atomic E-state index is 0.0512. The fourth-order valence-corrected chi connectivity index (χ4v) is 9.01. The normalized spacial score (nSPS) is 13.0. The van der Waals surface area contributed by atoms with Crippen LogP contribution in [-0.4, -0.2) is 19.6 Å². The number of rotatable bonds is 6. The highest BCUT2D eigenvalue weighted by molar-refractivity contribution is 6.06. The Balaban J connectivity index is 1.29. The van der Waals surface area contributed by atoms with Crippen molar-refractivity contribution < 1.29 is 9.22 Å². The van der Waals surface area contributed by atoms with Crippen molar-refractivity contribution >= 4 is 32.7 Å². The highest BCUT2D eigenvalue weighted by Crippen LogP contribution is 2.44. The molecule has 0 fully saturated rings. The Morgan fingerprint density at radius 2 is 1.16 bits per heavy atom. The van der Waals surface area contributed by atoms with Gasteiger partial charge in [-0.1, -0.05) is 157 Å².